The van der Waals surface area contributed by atoms with E-state index >= 15 is 0 Å². The van der Waals surface area contributed by atoms with Gasteiger partial charge in [0.1, 0.15) is 11.9 Å². The molecule has 3 N–H and O–H groups in total. The lowest BCUT2D eigenvalue weighted by atomic mass is 10.1. The Morgan fingerprint density at radius 2 is 2.46 bits per heavy atom. The minimum atomic E-state index is 0.105. The molecule has 1 aromatic carbocycles. The number of benzene rings is 1. The standard InChI is InChI=1S/C10H14N2O/c1-7-3-2-4-9-10(7)13-8(5-11)6-12-9/h2-4,8,12H,5-6,11H2,1H3/t8-/m1/s1. The van der Waals surface area contributed by atoms with Crippen molar-refractivity contribution in [3.63, 3.8) is 0 Å². The Kier molecular flexibility index (Phi) is 2.10. The van der Waals surface area contributed by atoms with E-state index in [4.69, 9.17) is 10.5 Å². The highest BCUT2D eigenvalue weighted by atomic mass is 16.5. The third-order valence-corrected chi connectivity index (χ3v) is 2.28. The first-order chi connectivity index (χ1) is 6.31. The topological polar surface area (TPSA) is 47.3 Å². The number of ether oxygens (including phenoxy) is 1. The van der Waals surface area contributed by atoms with Gasteiger partial charge in [0.05, 0.1) is 12.2 Å². The molecule has 0 fully saturated rings. The Balaban J connectivity index is 2.32. The van der Waals surface area contributed by atoms with Gasteiger partial charge in [0.2, 0.25) is 0 Å². The fourth-order valence-electron chi connectivity index (χ4n) is 1.51. The van der Waals surface area contributed by atoms with Gasteiger partial charge in [-0.1, -0.05) is 12.1 Å². The van der Waals surface area contributed by atoms with Crippen LogP contribution in [0, 0.1) is 6.92 Å². The monoisotopic (exact) mass is 178 g/mol. The molecule has 1 aliphatic rings. The Hall–Kier alpha value is -1.22. The average molecular weight is 178 g/mol. The van der Waals surface area contributed by atoms with Crippen molar-refractivity contribution in [3.05, 3.63) is 23.8 Å². The van der Waals surface area contributed by atoms with E-state index in [2.05, 4.69) is 5.32 Å². The SMILES string of the molecule is Cc1cccc2c1O[C@H](CN)CN2. The van der Waals surface area contributed by atoms with E-state index < -0.39 is 0 Å². The van der Waals surface area contributed by atoms with Crippen molar-refractivity contribution in [2.45, 2.75) is 13.0 Å². The van der Waals surface area contributed by atoms with Crippen molar-refractivity contribution in [1.82, 2.24) is 0 Å². The second-order valence-electron chi connectivity index (χ2n) is 3.31. The minimum absolute atomic E-state index is 0.105. The van der Waals surface area contributed by atoms with Crippen molar-refractivity contribution in [1.29, 1.82) is 0 Å². The fraction of sp³-hybridized carbons (Fsp3) is 0.400. The summed E-state index contributed by atoms with van der Waals surface area (Å²) in [6.07, 6.45) is 0.105. The second kappa shape index (κ2) is 3.26. The van der Waals surface area contributed by atoms with Crippen molar-refractivity contribution in [2.75, 3.05) is 18.4 Å². The molecule has 3 heteroatoms. The van der Waals surface area contributed by atoms with Crippen molar-refractivity contribution < 1.29 is 4.74 Å². The fourth-order valence-corrected chi connectivity index (χ4v) is 1.51. The van der Waals surface area contributed by atoms with Crippen LogP contribution in [-0.4, -0.2) is 19.2 Å². The first-order valence-corrected chi connectivity index (χ1v) is 4.51. The van der Waals surface area contributed by atoms with Gasteiger partial charge in [-0.2, -0.15) is 0 Å². The Morgan fingerprint density at radius 3 is 3.23 bits per heavy atom. The number of hydrogen-bond donors (Lipinski definition) is 2. The van der Waals surface area contributed by atoms with Crippen LogP contribution in [0.15, 0.2) is 18.2 Å². The molecule has 0 bridgehead atoms. The largest absolute Gasteiger partial charge is 0.485 e. The number of anilines is 1. The Labute approximate surface area is 77.9 Å². The van der Waals surface area contributed by atoms with E-state index in [1.807, 2.05) is 25.1 Å². The lowest BCUT2D eigenvalue weighted by molar-refractivity contribution is 0.212. The molecule has 1 heterocycles. The molecule has 1 aromatic rings. The Morgan fingerprint density at radius 1 is 1.62 bits per heavy atom. The van der Waals surface area contributed by atoms with E-state index in [1.54, 1.807) is 0 Å². The highest BCUT2D eigenvalue weighted by molar-refractivity contribution is 5.61. The molecule has 0 saturated carbocycles. The van der Waals surface area contributed by atoms with Crippen LogP contribution < -0.4 is 15.8 Å². The first-order valence-electron chi connectivity index (χ1n) is 4.51. The van der Waals surface area contributed by atoms with Gasteiger partial charge in [-0.3, -0.25) is 0 Å². The summed E-state index contributed by atoms with van der Waals surface area (Å²) >= 11 is 0. The molecule has 0 saturated heterocycles. The summed E-state index contributed by atoms with van der Waals surface area (Å²) in [4.78, 5) is 0. The summed E-state index contributed by atoms with van der Waals surface area (Å²) in [5, 5.41) is 3.30. The molecule has 0 aliphatic carbocycles. The number of hydrogen-bond acceptors (Lipinski definition) is 3. The van der Waals surface area contributed by atoms with E-state index in [1.165, 1.54) is 0 Å². The van der Waals surface area contributed by atoms with Gasteiger partial charge in [0, 0.05) is 6.54 Å². The van der Waals surface area contributed by atoms with E-state index in [-0.39, 0.29) is 6.10 Å². The van der Waals surface area contributed by atoms with Crippen molar-refractivity contribution in [3.8, 4) is 5.75 Å². The zero-order chi connectivity index (χ0) is 9.26. The zero-order valence-corrected chi connectivity index (χ0v) is 7.71. The van der Waals surface area contributed by atoms with Crippen LogP contribution in [0.5, 0.6) is 5.75 Å². The lowest BCUT2D eigenvalue weighted by Crippen LogP contribution is -2.37. The van der Waals surface area contributed by atoms with Gasteiger partial charge in [-0.25, -0.2) is 0 Å². The molecular weight excluding hydrogens is 164 g/mol. The van der Waals surface area contributed by atoms with Crippen LogP contribution in [0.1, 0.15) is 5.56 Å². The maximum absolute atomic E-state index is 5.72. The average Bonchev–Trinajstić information content (AvgIpc) is 2.18. The zero-order valence-electron chi connectivity index (χ0n) is 7.71. The second-order valence-corrected chi connectivity index (χ2v) is 3.31. The molecule has 1 aliphatic heterocycles. The van der Waals surface area contributed by atoms with Gasteiger partial charge in [-0.15, -0.1) is 0 Å². The molecule has 1 atom stereocenters. The van der Waals surface area contributed by atoms with Crippen molar-refractivity contribution in [2.24, 2.45) is 5.73 Å². The van der Waals surface area contributed by atoms with Crippen LogP contribution in [0.4, 0.5) is 5.69 Å². The van der Waals surface area contributed by atoms with Gasteiger partial charge in [0.15, 0.2) is 0 Å². The molecule has 70 valence electrons. The first kappa shape index (κ1) is 8.38. The predicted octanol–water partition coefficient (Wildman–Crippen LogP) is 1.13. The lowest BCUT2D eigenvalue weighted by Gasteiger charge is -2.27. The van der Waals surface area contributed by atoms with Crippen LogP contribution in [0.3, 0.4) is 0 Å². The number of fused-ring (bicyclic) bond motifs is 1. The molecule has 3 nitrogen and oxygen atoms in total. The highest BCUT2D eigenvalue weighted by Crippen LogP contribution is 2.31. The Bertz CT molecular complexity index is 312. The van der Waals surface area contributed by atoms with Gasteiger partial charge >= 0.3 is 0 Å². The number of para-hydroxylation sites is 1. The van der Waals surface area contributed by atoms with E-state index in [9.17, 15) is 0 Å². The number of aryl methyl sites for hydroxylation is 1. The maximum Gasteiger partial charge on any atom is 0.145 e. The molecule has 2 rings (SSSR count). The van der Waals surface area contributed by atoms with Gasteiger partial charge < -0.3 is 15.8 Å². The molecule has 13 heavy (non-hydrogen) atoms. The smallest absolute Gasteiger partial charge is 0.145 e. The molecular formula is C10H14N2O. The van der Waals surface area contributed by atoms with Crippen LogP contribution in [0.25, 0.3) is 0 Å². The predicted molar refractivity (Wildman–Crippen MR) is 53.1 cm³/mol. The van der Waals surface area contributed by atoms with Crippen LogP contribution in [0.2, 0.25) is 0 Å². The van der Waals surface area contributed by atoms with Gasteiger partial charge in [-0.05, 0) is 18.6 Å². The summed E-state index contributed by atoms with van der Waals surface area (Å²) in [5.74, 6) is 0.948. The number of rotatable bonds is 1. The van der Waals surface area contributed by atoms with E-state index in [0.29, 0.717) is 6.54 Å². The van der Waals surface area contributed by atoms with Gasteiger partial charge in [0.25, 0.3) is 0 Å². The summed E-state index contributed by atoms with van der Waals surface area (Å²) in [6, 6.07) is 6.09. The third kappa shape index (κ3) is 1.47. The minimum Gasteiger partial charge on any atom is -0.485 e. The summed E-state index contributed by atoms with van der Waals surface area (Å²) in [5.41, 5.74) is 7.77. The summed E-state index contributed by atoms with van der Waals surface area (Å²) in [6.45, 7) is 3.40. The van der Waals surface area contributed by atoms with E-state index in [0.717, 1.165) is 23.5 Å². The normalized spacial score (nSPS) is 20.0. The molecule has 0 unspecified atom stereocenters. The summed E-state index contributed by atoms with van der Waals surface area (Å²) < 4.78 is 5.72. The van der Waals surface area contributed by atoms with Crippen molar-refractivity contribution >= 4 is 5.69 Å². The number of nitrogens with two attached hydrogens (primary N) is 1. The molecule has 0 radical (unpaired) electrons. The summed E-state index contributed by atoms with van der Waals surface area (Å²) in [7, 11) is 0. The number of nitrogens with one attached hydrogen (secondary N) is 1. The quantitative estimate of drug-likeness (QED) is 0.677. The molecule has 0 spiro atoms. The molecule has 0 aromatic heterocycles. The van der Waals surface area contributed by atoms with Crippen LogP contribution >= 0.6 is 0 Å². The third-order valence-electron chi connectivity index (χ3n) is 2.28. The highest BCUT2D eigenvalue weighted by Gasteiger charge is 2.18. The molecule has 0 amide bonds. The maximum atomic E-state index is 5.72. The van der Waals surface area contributed by atoms with Crippen LogP contribution in [-0.2, 0) is 0 Å².